The van der Waals surface area contributed by atoms with Crippen molar-refractivity contribution in [3.8, 4) is 0 Å². The van der Waals surface area contributed by atoms with Crippen molar-refractivity contribution in [1.29, 1.82) is 0 Å². The molecular formula is C14H16BN+. The summed E-state index contributed by atoms with van der Waals surface area (Å²) in [5.74, 6) is 0. The normalized spacial score (nSPS) is 10.6. The van der Waals surface area contributed by atoms with Crippen LogP contribution in [0.15, 0.2) is 60.7 Å². The molecule has 0 bridgehead atoms. The van der Waals surface area contributed by atoms with Crippen molar-refractivity contribution >= 4 is 19.8 Å². The second-order valence-corrected chi connectivity index (χ2v) is 4.12. The fraction of sp³-hybridized carbons (Fsp3) is 0.143. The molecule has 0 spiro atoms. The minimum absolute atomic E-state index is 0. The van der Waals surface area contributed by atoms with Crippen molar-refractivity contribution in [1.82, 2.24) is 4.48 Å². The predicted molar refractivity (Wildman–Crippen MR) is 71.9 cm³/mol. The summed E-state index contributed by atoms with van der Waals surface area (Å²) in [6.07, 6.45) is 0. The summed E-state index contributed by atoms with van der Waals surface area (Å²) in [4.78, 5) is 0. The van der Waals surface area contributed by atoms with Gasteiger partial charge < -0.3 is 0 Å². The van der Waals surface area contributed by atoms with Crippen LogP contribution in [-0.4, -0.2) is 22.5 Å². The largest absolute Gasteiger partial charge is 0.264 e. The molecule has 3 radical (unpaired) electrons. The molecule has 0 saturated carbocycles. The van der Waals surface area contributed by atoms with Gasteiger partial charge in [0.2, 0.25) is 0 Å². The molecule has 16 heavy (non-hydrogen) atoms. The second-order valence-electron chi connectivity index (χ2n) is 4.12. The second kappa shape index (κ2) is 5.00. The molecule has 2 aromatic rings. The summed E-state index contributed by atoms with van der Waals surface area (Å²) in [5.41, 5.74) is 2.59. The van der Waals surface area contributed by atoms with E-state index < -0.39 is 0 Å². The Morgan fingerprint density at radius 2 is 0.938 bits per heavy atom. The number of rotatable bonds is 2. The molecule has 0 aliphatic carbocycles. The van der Waals surface area contributed by atoms with E-state index in [0.717, 1.165) is 4.48 Å². The van der Waals surface area contributed by atoms with Crippen LogP contribution in [0.2, 0.25) is 0 Å². The maximum Gasteiger partial charge on any atom is 0.137 e. The third kappa shape index (κ3) is 2.34. The minimum Gasteiger partial charge on any atom is -0.264 e. The number of quaternary nitrogens is 1. The monoisotopic (exact) mass is 209 g/mol. The molecule has 0 unspecified atom stereocenters. The molecule has 0 aliphatic rings. The topological polar surface area (TPSA) is 0 Å². The summed E-state index contributed by atoms with van der Waals surface area (Å²) in [7, 11) is 4.40. The smallest absolute Gasteiger partial charge is 0.137 e. The molecule has 0 fully saturated rings. The molecule has 2 heteroatoms. The van der Waals surface area contributed by atoms with Crippen LogP contribution in [0.5, 0.6) is 0 Å². The van der Waals surface area contributed by atoms with Gasteiger partial charge in [-0.1, -0.05) is 36.4 Å². The number of benzene rings is 2. The average molecular weight is 209 g/mol. The van der Waals surface area contributed by atoms with Crippen LogP contribution in [0.4, 0.5) is 11.4 Å². The van der Waals surface area contributed by atoms with Crippen molar-refractivity contribution in [2.24, 2.45) is 0 Å². The highest BCUT2D eigenvalue weighted by Gasteiger charge is 2.20. The van der Waals surface area contributed by atoms with E-state index >= 15 is 0 Å². The van der Waals surface area contributed by atoms with Gasteiger partial charge in [0.05, 0.1) is 14.1 Å². The zero-order valence-corrected chi connectivity index (χ0v) is 9.80. The Labute approximate surface area is 99.5 Å². The van der Waals surface area contributed by atoms with Crippen LogP contribution in [0.3, 0.4) is 0 Å². The van der Waals surface area contributed by atoms with Crippen LogP contribution in [0.1, 0.15) is 0 Å². The zero-order valence-electron chi connectivity index (χ0n) is 9.80. The molecule has 0 aliphatic heterocycles. The number of nitrogens with zero attached hydrogens (tertiary/aromatic N) is 1. The van der Waals surface area contributed by atoms with Gasteiger partial charge in [0, 0.05) is 8.41 Å². The van der Waals surface area contributed by atoms with E-state index in [1.807, 2.05) is 0 Å². The standard InChI is InChI=1S/C14H16N.B/c1-15(2,13-9-5-3-6-10-13)14-11-7-4-8-12-14;/h3-12H,1-2H3;/q+1;. The highest BCUT2D eigenvalue weighted by Crippen LogP contribution is 2.29. The Hall–Kier alpha value is -1.54. The van der Waals surface area contributed by atoms with Gasteiger partial charge in [-0.25, -0.2) is 0 Å². The van der Waals surface area contributed by atoms with Crippen molar-refractivity contribution in [2.75, 3.05) is 14.1 Å². The highest BCUT2D eigenvalue weighted by molar-refractivity contribution is 5.75. The fourth-order valence-corrected chi connectivity index (χ4v) is 1.75. The summed E-state index contributed by atoms with van der Waals surface area (Å²) in [5, 5.41) is 0. The van der Waals surface area contributed by atoms with Gasteiger partial charge in [0.25, 0.3) is 0 Å². The van der Waals surface area contributed by atoms with E-state index in [9.17, 15) is 0 Å². The van der Waals surface area contributed by atoms with E-state index in [0.29, 0.717) is 0 Å². The van der Waals surface area contributed by atoms with E-state index in [2.05, 4.69) is 74.8 Å². The van der Waals surface area contributed by atoms with Gasteiger partial charge in [-0.15, -0.1) is 0 Å². The Kier molecular flexibility index (Phi) is 3.91. The van der Waals surface area contributed by atoms with Crippen LogP contribution in [-0.2, 0) is 0 Å². The maximum absolute atomic E-state index is 2.20. The van der Waals surface area contributed by atoms with Gasteiger partial charge >= 0.3 is 0 Å². The number of hydrogen-bond acceptors (Lipinski definition) is 0. The zero-order chi connectivity index (χ0) is 10.7. The number of hydrogen-bond donors (Lipinski definition) is 0. The van der Waals surface area contributed by atoms with Crippen LogP contribution < -0.4 is 4.48 Å². The average Bonchev–Trinajstić information content (AvgIpc) is 2.31. The van der Waals surface area contributed by atoms with Crippen LogP contribution in [0.25, 0.3) is 0 Å². The Morgan fingerprint density at radius 3 is 1.25 bits per heavy atom. The molecule has 0 amide bonds. The summed E-state index contributed by atoms with van der Waals surface area (Å²) < 4.78 is 0.779. The first kappa shape index (κ1) is 12.5. The Bertz CT molecular complexity index is 382. The molecular weight excluding hydrogens is 193 g/mol. The van der Waals surface area contributed by atoms with E-state index in [-0.39, 0.29) is 8.41 Å². The van der Waals surface area contributed by atoms with Crippen LogP contribution in [0, 0.1) is 0 Å². The van der Waals surface area contributed by atoms with E-state index in [1.54, 1.807) is 0 Å². The molecule has 0 aromatic heterocycles. The first-order chi connectivity index (χ1) is 7.21. The van der Waals surface area contributed by atoms with Crippen molar-refractivity contribution in [2.45, 2.75) is 0 Å². The Balaban J connectivity index is 0.00000128. The van der Waals surface area contributed by atoms with Crippen LogP contribution >= 0.6 is 0 Å². The SMILES string of the molecule is C[N+](C)(c1ccccc1)c1ccccc1.[B]. The molecule has 0 saturated heterocycles. The third-order valence-corrected chi connectivity index (χ3v) is 2.80. The first-order valence-corrected chi connectivity index (χ1v) is 5.16. The molecule has 2 aromatic carbocycles. The lowest BCUT2D eigenvalue weighted by atomic mass is 10.2. The lowest BCUT2D eigenvalue weighted by molar-refractivity contribution is 0.555. The van der Waals surface area contributed by atoms with E-state index in [4.69, 9.17) is 0 Å². The molecule has 79 valence electrons. The molecule has 2 rings (SSSR count). The molecule has 0 N–H and O–H groups in total. The summed E-state index contributed by atoms with van der Waals surface area (Å²) in [6.45, 7) is 0. The van der Waals surface area contributed by atoms with Gasteiger partial charge in [0.1, 0.15) is 11.4 Å². The van der Waals surface area contributed by atoms with Crippen molar-refractivity contribution < 1.29 is 0 Å². The maximum atomic E-state index is 2.20. The minimum atomic E-state index is 0. The van der Waals surface area contributed by atoms with Gasteiger partial charge in [-0.2, -0.15) is 0 Å². The fourth-order valence-electron chi connectivity index (χ4n) is 1.75. The van der Waals surface area contributed by atoms with Gasteiger partial charge in [0.15, 0.2) is 0 Å². The lowest BCUT2D eigenvalue weighted by Gasteiger charge is -2.28. The van der Waals surface area contributed by atoms with Crippen molar-refractivity contribution in [3.05, 3.63) is 60.7 Å². The van der Waals surface area contributed by atoms with Gasteiger partial charge in [-0.3, -0.25) is 4.48 Å². The molecule has 1 nitrogen and oxygen atoms in total. The number of para-hydroxylation sites is 2. The molecule has 0 heterocycles. The summed E-state index contributed by atoms with van der Waals surface area (Å²) in [6, 6.07) is 21.1. The van der Waals surface area contributed by atoms with E-state index in [1.165, 1.54) is 11.4 Å². The van der Waals surface area contributed by atoms with Gasteiger partial charge in [-0.05, 0) is 24.3 Å². The molecule has 0 atom stereocenters. The Morgan fingerprint density at radius 1 is 0.625 bits per heavy atom. The highest BCUT2D eigenvalue weighted by atomic mass is 15.3. The first-order valence-electron chi connectivity index (χ1n) is 5.16. The van der Waals surface area contributed by atoms with Crippen molar-refractivity contribution in [3.63, 3.8) is 0 Å². The summed E-state index contributed by atoms with van der Waals surface area (Å²) >= 11 is 0. The third-order valence-electron chi connectivity index (χ3n) is 2.80. The quantitative estimate of drug-likeness (QED) is 0.526. The lowest BCUT2D eigenvalue weighted by Crippen LogP contribution is -2.33. The predicted octanol–water partition coefficient (Wildman–Crippen LogP) is 3.20.